The molecule has 2 aliphatic rings. The summed E-state index contributed by atoms with van der Waals surface area (Å²) in [5.74, 6) is -0.794. The number of aliphatic hydroxyl groups excluding tert-OH is 2. The summed E-state index contributed by atoms with van der Waals surface area (Å²) in [4.78, 5) is 40.6. The zero-order valence-electron chi connectivity index (χ0n) is 24.4. The number of carbonyl (C=O) groups is 3. The van der Waals surface area contributed by atoms with E-state index in [2.05, 4.69) is 12.2 Å². The minimum Gasteiger partial charge on any atom is -0.493 e. The van der Waals surface area contributed by atoms with Crippen molar-refractivity contribution in [3.8, 4) is 11.5 Å². The van der Waals surface area contributed by atoms with Crippen LogP contribution in [0.15, 0.2) is 42.0 Å². The number of fused-ring (bicyclic) bond motifs is 3. The van der Waals surface area contributed by atoms with Crippen LogP contribution in [-0.2, 0) is 16.1 Å². The van der Waals surface area contributed by atoms with Crippen molar-refractivity contribution in [2.45, 2.75) is 76.2 Å². The Morgan fingerprint density at radius 2 is 1.88 bits per heavy atom. The van der Waals surface area contributed by atoms with Gasteiger partial charge < -0.3 is 29.9 Å². The Bertz CT molecular complexity index is 1370. The van der Waals surface area contributed by atoms with E-state index in [1.54, 1.807) is 35.2 Å². The van der Waals surface area contributed by atoms with Gasteiger partial charge in [-0.25, -0.2) is 0 Å². The minimum atomic E-state index is -1.23. The quantitative estimate of drug-likeness (QED) is 0.201. The van der Waals surface area contributed by atoms with Crippen LogP contribution in [0.25, 0.3) is 0 Å². The van der Waals surface area contributed by atoms with Crippen LogP contribution in [-0.4, -0.2) is 71.7 Å². The molecule has 2 aromatic carbocycles. The molecule has 0 aromatic heterocycles. The van der Waals surface area contributed by atoms with E-state index in [-0.39, 0.29) is 37.6 Å². The molecule has 2 aromatic rings. The van der Waals surface area contributed by atoms with Gasteiger partial charge >= 0.3 is 0 Å². The SMILES string of the molecule is CCCCCCCC(=O)N(Cc1ccc(Cl)c(Cl)c1)[C@@H]1C=C(C(=O)NCCO)[C@@H]2c3cc(C=O)cc(OC)c3O[C@@H]2[C@H]1O. The summed E-state index contributed by atoms with van der Waals surface area (Å²) in [6.07, 6.45) is 5.14. The third-order valence-corrected chi connectivity index (χ3v) is 8.66. The second kappa shape index (κ2) is 15.1. The van der Waals surface area contributed by atoms with Crippen LogP contribution < -0.4 is 14.8 Å². The summed E-state index contributed by atoms with van der Waals surface area (Å²) in [6, 6.07) is 7.30. The van der Waals surface area contributed by atoms with Crippen LogP contribution in [0, 0.1) is 0 Å². The Hall–Kier alpha value is -3.11. The highest BCUT2D eigenvalue weighted by atomic mass is 35.5. The molecule has 0 spiro atoms. The number of nitrogens with one attached hydrogen (secondary N) is 1. The van der Waals surface area contributed by atoms with Crippen molar-refractivity contribution in [1.82, 2.24) is 10.2 Å². The molecular weight excluding hydrogens is 595 g/mol. The molecule has 43 heavy (non-hydrogen) atoms. The average Bonchev–Trinajstić information content (AvgIpc) is 3.40. The first kappa shape index (κ1) is 32.8. The van der Waals surface area contributed by atoms with Crippen molar-refractivity contribution in [2.24, 2.45) is 0 Å². The van der Waals surface area contributed by atoms with Gasteiger partial charge in [-0.1, -0.05) is 61.9 Å². The van der Waals surface area contributed by atoms with E-state index >= 15 is 0 Å². The fourth-order valence-corrected chi connectivity index (χ4v) is 6.10. The lowest BCUT2D eigenvalue weighted by atomic mass is 9.77. The molecule has 9 nitrogen and oxygen atoms in total. The number of methoxy groups -OCH3 is 1. The zero-order valence-corrected chi connectivity index (χ0v) is 25.9. The number of ether oxygens (including phenoxy) is 2. The van der Waals surface area contributed by atoms with Gasteiger partial charge in [0.15, 0.2) is 11.5 Å². The van der Waals surface area contributed by atoms with Gasteiger partial charge in [0.25, 0.3) is 0 Å². The molecule has 0 radical (unpaired) electrons. The molecule has 4 rings (SSSR count). The van der Waals surface area contributed by atoms with Crippen molar-refractivity contribution in [1.29, 1.82) is 0 Å². The molecule has 3 N–H and O–H groups in total. The summed E-state index contributed by atoms with van der Waals surface area (Å²) in [6.45, 7) is 1.98. The van der Waals surface area contributed by atoms with Gasteiger partial charge in [-0.3, -0.25) is 14.4 Å². The number of hydrogen-bond acceptors (Lipinski definition) is 7. The van der Waals surface area contributed by atoms with Crippen molar-refractivity contribution in [3.05, 3.63) is 68.7 Å². The van der Waals surface area contributed by atoms with E-state index < -0.39 is 30.1 Å². The Morgan fingerprint density at radius 3 is 2.56 bits per heavy atom. The van der Waals surface area contributed by atoms with Gasteiger partial charge in [0.05, 0.1) is 35.7 Å². The molecule has 11 heteroatoms. The second-order valence-electron chi connectivity index (χ2n) is 10.8. The normalized spacial score (nSPS) is 20.4. The van der Waals surface area contributed by atoms with E-state index in [4.69, 9.17) is 32.7 Å². The lowest BCUT2D eigenvalue weighted by Crippen LogP contribution is -2.55. The predicted molar refractivity (Wildman–Crippen MR) is 164 cm³/mol. The first-order valence-electron chi connectivity index (χ1n) is 14.6. The zero-order chi connectivity index (χ0) is 31.1. The van der Waals surface area contributed by atoms with Crippen LogP contribution in [0.3, 0.4) is 0 Å². The van der Waals surface area contributed by atoms with Gasteiger partial charge in [-0.05, 0) is 42.3 Å². The van der Waals surface area contributed by atoms with Gasteiger partial charge in [-0.2, -0.15) is 0 Å². The number of unbranched alkanes of at least 4 members (excludes halogenated alkanes) is 4. The largest absolute Gasteiger partial charge is 0.493 e. The molecule has 0 bridgehead atoms. The fraction of sp³-hybridized carbons (Fsp3) is 0.469. The smallest absolute Gasteiger partial charge is 0.247 e. The number of aldehydes is 1. The van der Waals surface area contributed by atoms with Crippen LogP contribution in [0.5, 0.6) is 11.5 Å². The Labute approximate surface area is 261 Å². The van der Waals surface area contributed by atoms with E-state index in [1.807, 2.05) is 0 Å². The monoisotopic (exact) mass is 632 g/mol. The number of amides is 2. The maximum Gasteiger partial charge on any atom is 0.247 e. The molecule has 0 fully saturated rings. The molecule has 1 aliphatic heterocycles. The summed E-state index contributed by atoms with van der Waals surface area (Å²) in [5.41, 5.74) is 1.81. The predicted octanol–water partition coefficient (Wildman–Crippen LogP) is 4.83. The number of halogens is 2. The van der Waals surface area contributed by atoms with Gasteiger partial charge in [0.1, 0.15) is 18.5 Å². The number of nitrogens with zero attached hydrogens (tertiary/aromatic N) is 1. The summed E-state index contributed by atoms with van der Waals surface area (Å²) in [7, 11) is 1.44. The highest BCUT2D eigenvalue weighted by molar-refractivity contribution is 6.42. The van der Waals surface area contributed by atoms with Crippen molar-refractivity contribution in [3.63, 3.8) is 0 Å². The average molecular weight is 634 g/mol. The maximum absolute atomic E-state index is 13.8. The lowest BCUT2D eigenvalue weighted by molar-refractivity contribution is -0.138. The van der Waals surface area contributed by atoms with Crippen LogP contribution in [0.1, 0.15) is 72.9 Å². The molecule has 2 amide bonds. The molecule has 0 saturated carbocycles. The molecule has 1 aliphatic carbocycles. The van der Waals surface area contributed by atoms with E-state index in [1.165, 1.54) is 13.2 Å². The fourth-order valence-electron chi connectivity index (χ4n) is 5.78. The maximum atomic E-state index is 13.8. The van der Waals surface area contributed by atoms with Crippen LogP contribution >= 0.6 is 23.2 Å². The lowest BCUT2D eigenvalue weighted by Gasteiger charge is -2.41. The number of rotatable bonds is 14. The second-order valence-corrected chi connectivity index (χ2v) is 11.7. The minimum absolute atomic E-state index is 0.00979. The number of carbonyl (C=O) groups excluding carboxylic acids is 3. The van der Waals surface area contributed by atoms with Gasteiger partial charge in [-0.15, -0.1) is 0 Å². The Morgan fingerprint density at radius 1 is 1.12 bits per heavy atom. The summed E-state index contributed by atoms with van der Waals surface area (Å²) < 4.78 is 11.7. The first-order chi connectivity index (χ1) is 20.7. The Balaban J connectivity index is 1.76. The Kier molecular flexibility index (Phi) is 11.5. The van der Waals surface area contributed by atoms with E-state index in [0.717, 1.165) is 25.7 Å². The van der Waals surface area contributed by atoms with Crippen LogP contribution in [0.2, 0.25) is 10.0 Å². The van der Waals surface area contributed by atoms with Crippen molar-refractivity contribution < 1.29 is 34.1 Å². The number of aliphatic hydroxyl groups is 2. The summed E-state index contributed by atoms with van der Waals surface area (Å²) >= 11 is 12.4. The van der Waals surface area contributed by atoms with E-state index in [9.17, 15) is 24.6 Å². The molecule has 4 atom stereocenters. The molecule has 1 heterocycles. The van der Waals surface area contributed by atoms with Crippen molar-refractivity contribution in [2.75, 3.05) is 20.3 Å². The number of hydrogen-bond donors (Lipinski definition) is 3. The molecule has 232 valence electrons. The number of benzene rings is 2. The van der Waals surface area contributed by atoms with Gasteiger partial charge in [0.2, 0.25) is 11.8 Å². The highest BCUT2D eigenvalue weighted by Gasteiger charge is 2.51. The molecule has 0 saturated heterocycles. The summed E-state index contributed by atoms with van der Waals surface area (Å²) in [5, 5.41) is 24.6. The third kappa shape index (κ3) is 7.34. The topological polar surface area (TPSA) is 125 Å². The molecule has 0 unspecified atom stereocenters. The van der Waals surface area contributed by atoms with Crippen LogP contribution in [0.4, 0.5) is 0 Å². The third-order valence-electron chi connectivity index (χ3n) is 7.92. The van der Waals surface area contributed by atoms with Crippen molar-refractivity contribution >= 4 is 41.3 Å². The van der Waals surface area contributed by atoms with E-state index in [0.29, 0.717) is 50.9 Å². The highest BCUT2D eigenvalue weighted by Crippen LogP contribution is 2.51. The standard InChI is InChI=1S/C32H38Cl2N2O7/c1-3-4-5-6-7-8-27(39)36(17-19-9-10-23(33)24(34)14-19)25-16-22(32(41)35-11-12-37)28-21-13-20(18-38)15-26(42-2)30(21)43-31(28)29(25)40/h9-10,13-16,18,25,28-29,31,37,40H,3-8,11-12,17H2,1-2H3,(H,35,41)/t25-,28+,29+,31+/m1/s1. The van der Waals surface area contributed by atoms with Gasteiger partial charge in [0, 0.05) is 36.2 Å². The first-order valence-corrected chi connectivity index (χ1v) is 15.4. The molecular formula is C32H38Cl2N2O7.